The van der Waals surface area contributed by atoms with Crippen LogP contribution in [0.25, 0.3) is 10.2 Å². The quantitative estimate of drug-likeness (QED) is 0.427. The number of halogens is 1. The van der Waals surface area contributed by atoms with Crippen molar-refractivity contribution in [2.75, 3.05) is 52.3 Å². The lowest BCUT2D eigenvalue weighted by molar-refractivity contribution is -0.123. The molecule has 4 rings (SSSR count). The van der Waals surface area contributed by atoms with Crippen molar-refractivity contribution in [3.05, 3.63) is 34.7 Å². The maximum Gasteiger partial charge on any atom is 0.252 e. The van der Waals surface area contributed by atoms with Crippen LogP contribution in [0.2, 0.25) is 5.02 Å². The van der Waals surface area contributed by atoms with Crippen molar-refractivity contribution in [1.29, 1.82) is 0 Å². The molecule has 12 heteroatoms. The van der Waals surface area contributed by atoms with Gasteiger partial charge >= 0.3 is 0 Å². The van der Waals surface area contributed by atoms with E-state index < -0.39 is 10.0 Å². The molecule has 1 saturated heterocycles. The fourth-order valence-electron chi connectivity index (χ4n) is 3.92. The van der Waals surface area contributed by atoms with Gasteiger partial charge in [0, 0.05) is 32.1 Å². The van der Waals surface area contributed by atoms with Crippen molar-refractivity contribution in [2.45, 2.75) is 17.1 Å². The van der Waals surface area contributed by atoms with Crippen LogP contribution in [0, 0.1) is 5.92 Å². The second-order valence-corrected chi connectivity index (χ2v) is 12.8. The average molecular weight is 543 g/mol. The Morgan fingerprint density at radius 2 is 1.97 bits per heavy atom. The first kappa shape index (κ1) is 25.3. The first-order valence-electron chi connectivity index (χ1n) is 10.8. The number of fused-ring (bicyclic) bond motifs is 1. The number of thiophene rings is 1. The fourth-order valence-corrected chi connectivity index (χ4v) is 7.82. The van der Waals surface area contributed by atoms with E-state index in [1.165, 1.54) is 27.0 Å². The number of carbonyl (C=O) groups is 1. The van der Waals surface area contributed by atoms with E-state index >= 15 is 0 Å². The van der Waals surface area contributed by atoms with E-state index in [1.807, 2.05) is 19.0 Å². The minimum atomic E-state index is -3.51. The molecule has 0 aliphatic carbocycles. The Labute approximate surface area is 212 Å². The number of hydrogen-bond acceptors (Lipinski definition) is 8. The van der Waals surface area contributed by atoms with Crippen LogP contribution in [0.15, 0.2) is 33.9 Å². The highest BCUT2D eigenvalue weighted by molar-refractivity contribution is 7.91. The summed E-state index contributed by atoms with van der Waals surface area (Å²) in [5, 5.41) is 2.89. The van der Waals surface area contributed by atoms with E-state index in [-0.39, 0.29) is 11.8 Å². The van der Waals surface area contributed by atoms with Gasteiger partial charge in [0.2, 0.25) is 5.91 Å². The van der Waals surface area contributed by atoms with Gasteiger partial charge in [0.1, 0.15) is 15.5 Å². The smallest absolute Gasteiger partial charge is 0.252 e. The third kappa shape index (κ3) is 5.09. The van der Waals surface area contributed by atoms with Crippen LogP contribution in [0.1, 0.15) is 12.8 Å². The van der Waals surface area contributed by atoms with Crippen molar-refractivity contribution in [3.8, 4) is 5.75 Å². The number of thiazole rings is 1. The highest BCUT2D eigenvalue weighted by atomic mass is 35.5. The molecule has 2 aromatic heterocycles. The number of aromatic nitrogens is 1. The summed E-state index contributed by atoms with van der Waals surface area (Å²) in [5.41, 5.74) is 0.634. The predicted octanol–water partition coefficient (Wildman–Crippen LogP) is 4.02. The molecular formula is C22H27ClN4O4S3. The first-order valence-corrected chi connectivity index (χ1v) is 14.4. The van der Waals surface area contributed by atoms with Crippen LogP contribution in [-0.2, 0) is 14.8 Å². The van der Waals surface area contributed by atoms with Gasteiger partial charge in [-0.05, 0) is 50.5 Å². The lowest BCUT2D eigenvalue weighted by Crippen LogP contribution is -2.45. The third-order valence-corrected chi connectivity index (χ3v) is 10.6. The number of carbonyl (C=O) groups excluding carboxylic acids is 1. The van der Waals surface area contributed by atoms with E-state index in [0.717, 1.165) is 4.70 Å². The number of rotatable bonds is 8. The van der Waals surface area contributed by atoms with Gasteiger partial charge in [0.05, 0.1) is 16.8 Å². The summed E-state index contributed by atoms with van der Waals surface area (Å²) in [5.74, 6) is 0.291. The Bertz CT molecular complexity index is 1250. The molecule has 1 amide bonds. The normalized spacial score (nSPS) is 15.8. The number of piperidine rings is 1. The van der Waals surface area contributed by atoms with Crippen molar-refractivity contribution in [2.24, 2.45) is 5.92 Å². The minimum Gasteiger partial charge on any atom is -0.494 e. The molecule has 0 atom stereocenters. The molecule has 34 heavy (non-hydrogen) atoms. The lowest BCUT2D eigenvalue weighted by Gasteiger charge is -2.33. The molecule has 0 N–H and O–H groups in total. The zero-order chi connectivity index (χ0) is 24.5. The van der Waals surface area contributed by atoms with E-state index in [4.69, 9.17) is 21.3 Å². The summed E-state index contributed by atoms with van der Waals surface area (Å²) >= 11 is 8.98. The highest BCUT2D eigenvalue weighted by Crippen LogP contribution is 2.39. The minimum absolute atomic E-state index is 0.0378. The standard InChI is InChI=1S/C22H27ClN4O4S3/c1-25(2)12-13-27(22-24-19-17(31-3)7-6-16(23)20(19)33-22)21(28)15-8-10-26(11-9-15)34(29,30)18-5-4-14-32-18/h4-7,14-15H,8-13H2,1-3H3. The van der Waals surface area contributed by atoms with Gasteiger partial charge in [-0.2, -0.15) is 4.31 Å². The van der Waals surface area contributed by atoms with Gasteiger partial charge < -0.3 is 9.64 Å². The largest absolute Gasteiger partial charge is 0.494 e. The second-order valence-electron chi connectivity index (χ2n) is 8.33. The van der Waals surface area contributed by atoms with Gasteiger partial charge in [0.15, 0.2) is 5.13 Å². The summed E-state index contributed by atoms with van der Waals surface area (Å²) in [4.78, 5) is 22.1. The van der Waals surface area contributed by atoms with E-state index in [1.54, 1.807) is 41.7 Å². The number of ether oxygens (including phenoxy) is 1. The number of anilines is 1. The van der Waals surface area contributed by atoms with Crippen molar-refractivity contribution in [1.82, 2.24) is 14.2 Å². The monoisotopic (exact) mass is 542 g/mol. The number of hydrogen-bond donors (Lipinski definition) is 0. The number of benzene rings is 1. The lowest BCUT2D eigenvalue weighted by atomic mass is 9.96. The summed E-state index contributed by atoms with van der Waals surface area (Å²) < 4.78 is 33.7. The zero-order valence-corrected chi connectivity index (χ0v) is 22.4. The van der Waals surface area contributed by atoms with Gasteiger partial charge in [0.25, 0.3) is 10.0 Å². The topological polar surface area (TPSA) is 83.0 Å². The van der Waals surface area contributed by atoms with Gasteiger partial charge in [-0.3, -0.25) is 9.69 Å². The number of amides is 1. The molecule has 1 aliphatic heterocycles. The van der Waals surface area contributed by atoms with Crippen molar-refractivity contribution < 1.29 is 17.9 Å². The summed E-state index contributed by atoms with van der Waals surface area (Å²) in [6, 6.07) is 6.88. The third-order valence-electron chi connectivity index (χ3n) is 5.83. The molecule has 1 aromatic carbocycles. The number of sulfonamides is 1. The van der Waals surface area contributed by atoms with Crippen LogP contribution in [0.3, 0.4) is 0 Å². The molecule has 0 bridgehead atoms. The van der Waals surface area contributed by atoms with Gasteiger partial charge in [-0.15, -0.1) is 11.3 Å². The second kappa shape index (κ2) is 10.5. The van der Waals surface area contributed by atoms with E-state index in [2.05, 4.69) is 0 Å². The molecule has 1 aliphatic rings. The molecule has 0 saturated carbocycles. The summed E-state index contributed by atoms with van der Waals surface area (Å²) in [6.45, 7) is 1.77. The first-order chi connectivity index (χ1) is 16.2. The molecule has 0 spiro atoms. The van der Waals surface area contributed by atoms with Crippen molar-refractivity contribution >= 4 is 65.6 Å². The SMILES string of the molecule is COc1ccc(Cl)c2sc(N(CCN(C)C)C(=O)C3CCN(S(=O)(=O)c4cccs4)CC3)nc12. The molecule has 184 valence electrons. The number of nitrogens with zero attached hydrogens (tertiary/aromatic N) is 4. The molecule has 3 aromatic rings. The Morgan fingerprint density at radius 3 is 2.59 bits per heavy atom. The Hall–Kier alpha value is -1.76. The van der Waals surface area contributed by atoms with Crippen molar-refractivity contribution in [3.63, 3.8) is 0 Å². The van der Waals surface area contributed by atoms with Crippen LogP contribution < -0.4 is 9.64 Å². The van der Waals surface area contributed by atoms with Crippen LogP contribution in [0.4, 0.5) is 5.13 Å². The maximum atomic E-state index is 13.7. The fraction of sp³-hybridized carbons (Fsp3) is 0.455. The molecule has 8 nitrogen and oxygen atoms in total. The molecular weight excluding hydrogens is 516 g/mol. The predicted molar refractivity (Wildman–Crippen MR) is 138 cm³/mol. The van der Waals surface area contributed by atoms with E-state index in [0.29, 0.717) is 64.7 Å². The van der Waals surface area contributed by atoms with E-state index in [9.17, 15) is 13.2 Å². The molecule has 3 heterocycles. The molecule has 0 unspecified atom stereocenters. The molecule has 0 radical (unpaired) electrons. The zero-order valence-electron chi connectivity index (χ0n) is 19.2. The van der Waals surface area contributed by atoms with Crippen LogP contribution in [-0.4, -0.2) is 75.9 Å². The van der Waals surface area contributed by atoms with Gasteiger partial charge in [-0.25, -0.2) is 13.4 Å². The Morgan fingerprint density at radius 1 is 1.24 bits per heavy atom. The number of methoxy groups -OCH3 is 1. The van der Waals surface area contributed by atoms with Gasteiger partial charge in [-0.1, -0.05) is 29.0 Å². The Balaban J connectivity index is 1.56. The Kier molecular flexibility index (Phi) is 7.80. The van der Waals surface area contributed by atoms with Crippen LogP contribution in [0.5, 0.6) is 5.75 Å². The molecule has 1 fully saturated rings. The average Bonchev–Trinajstić information content (AvgIpc) is 3.51. The number of likely N-dealkylation sites (N-methyl/N-ethyl adjacent to an activating group) is 1. The summed E-state index contributed by atoms with van der Waals surface area (Å²) in [7, 11) is 1.97. The maximum absolute atomic E-state index is 13.7. The summed E-state index contributed by atoms with van der Waals surface area (Å²) in [6.07, 6.45) is 0.938. The van der Waals surface area contributed by atoms with Crippen LogP contribution >= 0.6 is 34.3 Å². The highest BCUT2D eigenvalue weighted by Gasteiger charge is 2.35.